The largest absolute Gasteiger partial charge is 0.451 e. The molecule has 0 N–H and O–H groups in total. The molecule has 2 aromatic carbocycles. The number of rotatable bonds is 18. The van der Waals surface area contributed by atoms with Crippen LogP contribution in [0.2, 0.25) is 0 Å². The molecule has 1 saturated heterocycles. The molecule has 2 aliphatic carbocycles. The van der Waals surface area contributed by atoms with Crippen LogP contribution >= 0.6 is 0 Å². The Morgan fingerprint density at radius 2 is 0.674 bits per heavy atom. The van der Waals surface area contributed by atoms with E-state index in [4.69, 9.17) is 18.9 Å². The van der Waals surface area contributed by atoms with Crippen LogP contribution < -0.4 is 0 Å². The van der Waals surface area contributed by atoms with Gasteiger partial charge < -0.3 is 47.7 Å². The van der Waals surface area contributed by atoms with Crippen molar-refractivity contribution in [2.45, 2.75) is 207 Å². The van der Waals surface area contributed by atoms with Crippen molar-refractivity contribution in [2.75, 3.05) is 28.2 Å². The zero-order valence-electron chi connectivity index (χ0n) is 53.0. The first-order valence-electron chi connectivity index (χ1n) is 30.8. The SMILES string of the molecule is CC(C)C[C@H]1C(=O)O[C@H](Cc2ccc(Cn3ccnc3C3CC3)cc2)C(=O)N(C)[C@@H](CC(C)C)C(=O)O[C@H](C)C(=O)N(C)[C@@H](CC(C)C)C(=O)O[C@H](Cc2ccc(Cn3ccnc3C3CC3)cc2)C(=O)N(C)[C@@H](CC(C)C)C(=O)O[C@H](C)C(=O)N1C. The van der Waals surface area contributed by atoms with Crippen LogP contribution in [0, 0.1) is 23.7 Å². The molecular formula is C66H92N8O12. The van der Waals surface area contributed by atoms with Crippen molar-refractivity contribution in [3.63, 3.8) is 0 Å². The second-order valence-electron chi connectivity index (χ2n) is 25.8. The maximum absolute atomic E-state index is 15.1. The highest BCUT2D eigenvalue weighted by atomic mass is 16.6. The average molecular weight is 1190 g/mol. The van der Waals surface area contributed by atoms with E-state index < -0.39 is 96.1 Å². The molecule has 20 heteroatoms. The third kappa shape index (κ3) is 17.4. The lowest BCUT2D eigenvalue weighted by atomic mass is 9.99. The van der Waals surface area contributed by atoms with E-state index >= 15 is 9.59 Å². The predicted octanol–water partition coefficient (Wildman–Crippen LogP) is 7.91. The van der Waals surface area contributed by atoms with Gasteiger partial charge in [0, 0.05) is 90.7 Å². The summed E-state index contributed by atoms with van der Waals surface area (Å²) in [7, 11) is 5.64. The molecule has 0 unspecified atom stereocenters. The second-order valence-corrected chi connectivity index (χ2v) is 25.8. The van der Waals surface area contributed by atoms with E-state index in [0.717, 1.165) is 58.3 Å². The van der Waals surface area contributed by atoms with Gasteiger partial charge in [-0.05, 0) is 111 Å². The molecule has 3 heterocycles. The summed E-state index contributed by atoms with van der Waals surface area (Å²) in [6.07, 6.45) is 6.02. The van der Waals surface area contributed by atoms with Crippen LogP contribution in [0.4, 0.5) is 0 Å². The van der Waals surface area contributed by atoms with Gasteiger partial charge >= 0.3 is 23.9 Å². The molecule has 3 fully saturated rings. The second kappa shape index (κ2) is 29.3. The number of likely N-dealkylation sites (N-methyl/N-ethyl adjacent to an activating group) is 4. The number of hydrogen-bond donors (Lipinski definition) is 0. The zero-order valence-corrected chi connectivity index (χ0v) is 53.0. The topological polar surface area (TPSA) is 222 Å². The highest BCUT2D eigenvalue weighted by Crippen LogP contribution is 2.40. The number of imidazole rings is 2. The molecule has 0 bridgehead atoms. The molecular weight excluding hydrogens is 1100 g/mol. The van der Waals surface area contributed by atoms with Crippen LogP contribution in [0.3, 0.4) is 0 Å². The highest BCUT2D eigenvalue weighted by Gasteiger charge is 2.43. The summed E-state index contributed by atoms with van der Waals surface area (Å²) in [6.45, 7) is 18.8. The molecule has 7 rings (SSSR count). The third-order valence-electron chi connectivity index (χ3n) is 16.5. The van der Waals surface area contributed by atoms with Crippen molar-refractivity contribution in [2.24, 2.45) is 23.7 Å². The van der Waals surface area contributed by atoms with Crippen LogP contribution in [0.15, 0.2) is 73.3 Å². The number of nitrogens with zero attached hydrogens (tertiary/aromatic N) is 8. The summed E-state index contributed by atoms with van der Waals surface area (Å²) in [5, 5.41) is 0. The van der Waals surface area contributed by atoms with Gasteiger partial charge in [-0.2, -0.15) is 0 Å². The minimum absolute atomic E-state index is 0.0903. The fraction of sp³-hybridized carbons (Fsp3) is 0.606. The van der Waals surface area contributed by atoms with Crippen LogP contribution in [-0.4, -0.2) is 163 Å². The van der Waals surface area contributed by atoms with E-state index in [9.17, 15) is 28.8 Å². The minimum atomic E-state index is -1.52. The molecule has 3 aliphatic rings. The Labute approximate surface area is 507 Å². The number of cyclic esters (lactones) is 4. The van der Waals surface area contributed by atoms with Gasteiger partial charge in [0.25, 0.3) is 23.6 Å². The van der Waals surface area contributed by atoms with E-state index in [1.54, 1.807) is 12.4 Å². The summed E-state index contributed by atoms with van der Waals surface area (Å²) in [5.41, 5.74) is 3.25. The monoisotopic (exact) mass is 1190 g/mol. The van der Waals surface area contributed by atoms with Gasteiger partial charge in [0.2, 0.25) is 0 Å². The van der Waals surface area contributed by atoms with Gasteiger partial charge in [0.15, 0.2) is 24.4 Å². The van der Waals surface area contributed by atoms with Gasteiger partial charge in [0.1, 0.15) is 35.8 Å². The van der Waals surface area contributed by atoms with Gasteiger partial charge in [-0.15, -0.1) is 0 Å². The molecule has 20 nitrogen and oxygen atoms in total. The van der Waals surface area contributed by atoms with E-state index in [0.29, 0.717) is 36.1 Å². The Bertz CT molecular complexity index is 2780. The van der Waals surface area contributed by atoms with Crippen molar-refractivity contribution in [3.05, 3.63) is 107 Å². The lowest BCUT2D eigenvalue weighted by molar-refractivity contribution is -0.176. The van der Waals surface area contributed by atoms with Crippen LogP contribution in [0.25, 0.3) is 0 Å². The summed E-state index contributed by atoms with van der Waals surface area (Å²) in [6, 6.07) is 10.0. The Kier molecular flexibility index (Phi) is 22.6. The van der Waals surface area contributed by atoms with Crippen molar-refractivity contribution in [1.82, 2.24) is 38.7 Å². The molecule has 1 aliphatic heterocycles. The summed E-state index contributed by atoms with van der Waals surface area (Å²) < 4.78 is 28.6. The predicted molar refractivity (Wildman–Crippen MR) is 322 cm³/mol. The number of amides is 4. The molecule has 2 saturated carbocycles. The zero-order chi connectivity index (χ0) is 62.8. The van der Waals surface area contributed by atoms with Crippen LogP contribution in [0.5, 0.6) is 0 Å². The standard InChI is InChI=1S/C66H92N8O12/c1-39(2)31-51-63(79)83-43(9)59(75)69(11)54(34-42(7)8)66(82)86-56(36-46-17-21-48(22-18-46)38-74-30-28-68-58(74)50-25-26-50)62(78)72(14)52(32-40(3)4)64(80)84-44(10)60(76)70(12)53(33-41(5)6)65(81)85-55(61(77)71(51)13)35-45-15-19-47(20-16-45)37-73-29-27-67-57(73)49-23-24-49/h15-22,27-30,39-44,49-56H,23-26,31-38H2,1-14H3/t43-,44-,51+,52+,53+,54+,55-,56-/m1/s1. The fourth-order valence-electron chi connectivity index (χ4n) is 11.2. The van der Waals surface area contributed by atoms with Gasteiger partial charge in [0.05, 0.1) is 0 Å². The van der Waals surface area contributed by atoms with E-state index in [1.807, 2.05) is 116 Å². The van der Waals surface area contributed by atoms with Crippen molar-refractivity contribution in [1.29, 1.82) is 0 Å². The van der Waals surface area contributed by atoms with Gasteiger partial charge in [-0.25, -0.2) is 29.1 Å². The third-order valence-corrected chi connectivity index (χ3v) is 16.5. The van der Waals surface area contributed by atoms with Crippen molar-refractivity contribution >= 4 is 47.5 Å². The molecule has 2 aromatic heterocycles. The van der Waals surface area contributed by atoms with E-state index in [2.05, 4.69) is 19.1 Å². The molecule has 4 aromatic rings. The Hall–Kier alpha value is -7.38. The lowest BCUT2D eigenvalue weighted by Gasteiger charge is -2.35. The first kappa shape index (κ1) is 66.2. The Balaban J connectivity index is 1.23. The molecule has 8 atom stereocenters. The van der Waals surface area contributed by atoms with E-state index in [-0.39, 0.29) is 62.2 Å². The molecule has 4 amide bonds. The number of hydrogen-bond acceptors (Lipinski definition) is 14. The summed E-state index contributed by atoms with van der Waals surface area (Å²) in [4.78, 5) is 132. The highest BCUT2D eigenvalue weighted by molar-refractivity contribution is 5.94. The maximum Gasteiger partial charge on any atom is 0.329 e. The Morgan fingerprint density at radius 1 is 0.407 bits per heavy atom. The normalized spacial score (nSPS) is 24.2. The number of aromatic nitrogens is 4. The maximum atomic E-state index is 15.1. The Morgan fingerprint density at radius 3 is 0.953 bits per heavy atom. The smallest absolute Gasteiger partial charge is 0.329 e. The van der Waals surface area contributed by atoms with Crippen molar-refractivity contribution in [3.8, 4) is 0 Å². The van der Waals surface area contributed by atoms with Crippen LogP contribution in [0.1, 0.15) is 166 Å². The van der Waals surface area contributed by atoms with Gasteiger partial charge in [-0.3, -0.25) is 19.2 Å². The first-order chi connectivity index (χ1) is 40.7. The summed E-state index contributed by atoms with van der Waals surface area (Å²) in [5.74, 6) is -4.35. The molecule has 0 radical (unpaired) electrons. The molecule has 86 heavy (non-hydrogen) atoms. The number of esters is 4. The molecule has 468 valence electrons. The summed E-state index contributed by atoms with van der Waals surface area (Å²) >= 11 is 0. The fourth-order valence-corrected chi connectivity index (χ4v) is 11.2. The number of carbonyl (C=O) groups is 8. The van der Waals surface area contributed by atoms with Gasteiger partial charge in [-0.1, -0.05) is 104 Å². The number of carbonyl (C=O) groups excluding carboxylic acids is 8. The first-order valence-corrected chi connectivity index (χ1v) is 30.8. The number of ether oxygens (including phenoxy) is 4. The van der Waals surface area contributed by atoms with Crippen LogP contribution in [-0.2, 0) is 83.2 Å². The van der Waals surface area contributed by atoms with Crippen molar-refractivity contribution < 1.29 is 57.3 Å². The average Bonchev–Trinajstić information content (AvgIpc) is 2.76. The minimum Gasteiger partial charge on any atom is -0.451 e. The lowest BCUT2D eigenvalue weighted by Crippen LogP contribution is -2.55. The quantitative estimate of drug-likeness (QED) is 0.0683. The number of benzene rings is 2. The molecule has 0 spiro atoms. The van der Waals surface area contributed by atoms with E-state index in [1.165, 1.54) is 51.8 Å².